The first-order chi connectivity index (χ1) is 22.3. The normalized spacial score (nSPS) is 17.7. The smallest absolute Gasteiger partial charge is 0.326 e. The van der Waals surface area contributed by atoms with Gasteiger partial charge in [0.15, 0.2) is 6.61 Å². The van der Waals surface area contributed by atoms with Gasteiger partial charge in [0.1, 0.15) is 23.4 Å². The second-order valence-electron chi connectivity index (χ2n) is 11.8. The van der Waals surface area contributed by atoms with Crippen LogP contribution in [0.2, 0.25) is 0 Å². The summed E-state index contributed by atoms with van der Waals surface area (Å²) in [5.41, 5.74) is 0.770. The Labute approximate surface area is 266 Å². The van der Waals surface area contributed by atoms with Crippen LogP contribution in [0, 0.1) is 23.0 Å². The van der Waals surface area contributed by atoms with E-state index in [0.717, 1.165) is 5.56 Å². The third-order valence-electron chi connectivity index (χ3n) is 7.70. The van der Waals surface area contributed by atoms with Gasteiger partial charge in [-0.2, -0.15) is 0 Å². The number of amides is 3. The third-order valence-corrected chi connectivity index (χ3v) is 7.70. The van der Waals surface area contributed by atoms with Gasteiger partial charge in [-0.25, -0.2) is 13.6 Å². The Morgan fingerprint density at radius 3 is 2.17 bits per heavy atom. The van der Waals surface area contributed by atoms with E-state index in [4.69, 9.17) is 6.11 Å². The van der Waals surface area contributed by atoms with Crippen molar-refractivity contribution in [3.05, 3.63) is 95.6 Å². The van der Waals surface area contributed by atoms with Crippen LogP contribution < -0.4 is 20.3 Å². The number of aliphatic carboxylic acids is 1. The fraction of sp³-hybridized carbons (Fsp3) is 0.353. The van der Waals surface area contributed by atoms with Crippen LogP contribution in [0.3, 0.4) is 0 Å². The fourth-order valence-electron chi connectivity index (χ4n) is 5.23. The highest BCUT2D eigenvalue weighted by molar-refractivity contribution is 6.03. The number of nitrogens with one attached hydrogen (secondary N) is 2. The molecule has 1 aliphatic heterocycles. The molecule has 0 aliphatic carbocycles. The zero-order valence-electron chi connectivity index (χ0n) is 26.4. The molecule has 1 aliphatic rings. The zero-order valence-corrected chi connectivity index (χ0v) is 25.4. The minimum absolute atomic E-state index is 0.188. The molecule has 0 radical (unpaired) electrons. The maximum absolute atomic E-state index is 13.6. The number of carbonyl (C=O) groups excluding carboxylic acids is 3. The van der Waals surface area contributed by atoms with E-state index in [0.29, 0.717) is 23.4 Å². The quantitative estimate of drug-likeness (QED) is 0.204. The Morgan fingerprint density at radius 1 is 0.978 bits per heavy atom. The molecule has 4 atom stereocenters. The molecule has 4 N–H and O–H groups in total. The molecule has 12 heteroatoms. The molecule has 1 fully saturated rings. The predicted octanol–water partition coefficient (Wildman–Crippen LogP) is 4.29. The molecule has 46 heavy (non-hydrogen) atoms. The van der Waals surface area contributed by atoms with E-state index in [9.17, 15) is 38.2 Å². The van der Waals surface area contributed by atoms with Gasteiger partial charge in [-0.05, 0) is 77.9 Å². The minimum Gasteiger partial charge on any atom is -0.484 e. The molecule has 0 aromatic heterocycles. The molecule has 1 heterocycles. The Bertz CT molecular complexity index is 1570. The Balaban J connectivity index is 1.37. The number of carboxylic acid groups (broad SMARTS) is 1. The summed E-state index contributed by atoms with van der Waals surface area (Å²) in [6.07, 6.45) is -0.312. The van der Waals surface area contributed by atoms with Crippen LogP contribution in [0.5, 0.6) is 5.75 Å². The molecular weight excluding hydrogens is 600 g/mol. The summed E-state index contributed by atoms with van der Waals surface area (Å²) >= 11 is 0. The summed E-state index contributed by atoms with van der Waals surface area (Å²) in [6, 6.07) is 16.0. The van der Waals surface area contributed by atoms with Gasteiger partial charge in [0.25, 0.3) is 5.91 Å². The third kappa shape index (κ3) is 8.45. The van der Waals surface area contributed by atoms with Gasteiger partial charge in [0, 0.05) is 7.06 Å². The van der Waals surface area contributed by atoms with E-state index in [1.165, 1.54) is 48.5 Å². The van der Waals surface area contributed by atoms with E-state index >= 15 is 0 Å². The minimum atomic E-state index is -1.30. The van der Waals surface area contributed by atoms with Crippen molar-refractivity contribution in [2.45, 2.75) is 51.8 Å². The molecule has 0 unspecified atom stereocenters. The van der Waals surface area contributed by atoms with Crippen LogP contribution in [0.4, 0.5) is 14.5 Å². The standard InChI is InChI=1S/C34H37F2N3O7/c1-34(2,3)31(33(44)45)38-28(41)18-37-29(42)19-46-25-14-6-21(7-15-25)30-26(16-17-27(40)20-4-8-22(35)9-5-20)32(43)39(30)24-12-10-23(36)11-13-24/h4-15,26-27,30-31,40H,16-19H2,1-3H3,(H,37,42)(H,38,41)(H,44,45)/t26-,27+,30-,31-/m1/s1/i1D. The summed E-state index contributed by atoms with van der Waals surface area (Å²) in [7, 11) is 0. The summed E-state index contributed by atoms with van der Waals surface area (Å²) in [5.74, 6) is -3.84. The molecule has 1 saturated heterocycles. The SMILES string of the molecule is [2H]CC(C)(C)[C@H](NC(=O)CNC(=O)COc1ccc([C@@H]2[C@@H](CC[C@H](O)c3ccc(F)cc3)C(=O)N2c2ccc(F)cc2)cc1)C(=O)O. The van der Waals surface area contributed by atoms with Crippen LogP contribution in [-0.2, 0) is 19.2 Å². The zero-order chi connectivity index (χ0) is 34.3. The lowest BCUT2D eigenvalue weighted by Gasteiger charge is -2.48. The summed E-state index contributed by atoms with van der Waals surface area (Å²) in [6.45, 7) is 1.94. The maximum atomic E-state index is 13.6. The van der Waals surface area contributed by atoms with E-state index < -0.39 is 72.1 Å². The fourth-order valence-corrected chi connectivity index (χ4v) is 5.23. The second-order valence-corrected chi connectivity index (χ2v) is 11.8. The number of β-lactam (4-membered cyclic amide) rings is 1. The number of hydrogen-bond donors (Lipinski definition) is 4. The van der Waals surface area contributed by atoms with Crippen molar-refractivity contribution in [1.82, 2.24) is 10.6 Å². The van der Waals surface area contributed by atoms with Crippen LogP contribution in [-0.4, -0.2) is 53.1 Å². The molecule has 3 amide bonds. The Kier molecular flexibility index (Phi) is 10.3. The second kappa shape index (κ2) is 14.5. The van der Waals surface area contributed by atoms with Crippen LogP contribution in [0.15, 0.2) is 72.8 Å². The molecule has 4 rings (SSSR count). The number of ether oxygens (including phenoxy) is 1. The molecule has 244 valence electrons. The molecule has 10 nitrogen and oxygen atoms in total. The lowest BCUT2D eigenvalue weighted by Crippen LogP contribution is -2.55. The number of halogens is 2. The molecular formula is C34H37F2N3O7. The first kappa shape index (κ1) is 32.6. The van der Waals surface area contributed by atoms with E-state index in [1.807, 2.05) is 0 Å². The van der Waals surface area contributed by atoms with Crippen molar-refractivity contribution in [1.29, 1.82) is 0 Å². The number of rotatable bonds is 13. The van der Waals surface area contributed by atoms with Gasteiger partial charge < -0.3 is 30.5 Å². The van der Waals surface area contributed by atoms with Crippen molar-refractivity contribution in [2.24, 2.45) is 11.3 Å². The first-order valence-corrected chi connectivity index (χ1v) is 14.6. The van der Waals surface area contributed by atoms with E-state index in [2.05, 4.69) is 10.6 Å². The summed E-state index contributed by atoms with van der Waals surface area (Å²) in [4.78, 5) is 50.9. The lowest BCUT2D eigenvalue weighted by atomic mass is 9.78. The van der Waals surface area contributed by atoms with Gasteiger partial charge >= 0.3 is 5.97 Å². The van der Waals surface area contributed by atoms with Gasteiger partial charge in [-0.3, -0.25) is 14.4 Å². The number of aliphatic hydroxyl groups is 1. The largest absolute Gasteiger partial charge is 0.484 e. The van der Waals surface area contributed by atoms with Crippen molar-refractivity contribution < 1.29 is 44.3 Å². The van der Waals surface area contributed by atoms with Gasteiger partial charge in [0.2, 0.25) is 11.8 Å². The number of carboxylic acids is 1. The number of nitrogens with zero attached hydrogens (tertiary/aromatic N) is 1. The average molecular weight is 639 g/mol. The number of anilines is 1. The number of benzene rings is 3. The van der Waals surface area contributed by atoms with E-state index in [-0.39, 0.29) is 19.2 Å². The number of carbonyl (C=O) groups is 4. The molecule has 0 saturated carbocycles. The summed E-state index contributed by atoms with van der Waals surface area (Å²) < 4.78 is 40.0. The average Bonchev–Trinajstić information content (AvgIpc) is 3.05. The Morgan fingerprint density at radius 2 is 1.59 bits per heavy atom. The maximum Gasteiger partial charge on any atom is 0.326 e. The van der Waals surface area contributed by atoms with Crippen LogP contribution in [0.1, 0.15) is 58.2 Å². The molecule has 3 aromatic carbocycles. The van der Waals surface area contributed by atoms with E-state index in [1.54, 1.807) is 43.0 Å². The Hall–Kier alpha value is -4.84. The van der Waals surface area contributed by atoms with Gasteiger partial charge in [0.05, 0.1) is 24.6 Å². The molecule has 0 spiro atoms. The highest BCUT2D eigenvalue weighted by Crippen LogP contribution is 2.46. The molecule has 0 bridgehead atoms. The van der Waals surface area contributed by atoms with Crippen molar-refractivity contribution in [3.8, 4) is 5.75 Å². The monoisotopic (exact) mass is 638 g/mol. The number of aliphatic hydroxyl groups excluding tert-OH is 1. The first-order valence-electron chi connectivity index (χ1n) is 15.3. The van der Waals surface area contributed by atoms with Crippen molar-refractivity contribution >= 4 is 29.4 Å². The van der Waals surface area contributed by atoms with Crippen LogP contribution in [0.25, 0.3) is 0 Å². The summed E-state index contributed by atoms with van der Waals surface area (Å²) in [5, 5.41) is 24.7. The highest BCUT2D eigenvalue weighted by Gasteiger charge is 2.48. The highest BCUT2D eigenvalue weighted by atomic mass is 19.1. The van der Waals surface area contributed by atoms with Gasteiger partial charge in [-0.15, -0.1) is 0 Å². The van der Waals surface area contributed by atoms with Gasteiger partial charge in [-0.1, -0.05) is 45.0 Å². The topological polar surface area (TPSA) is 145 Å². The molecule has 3 aromatic rings. The van der Waals surface area contributed by atoms with Crippen molar-refractivity contribution in [2.75, 3.05) is 18.1 Å². The van der Waals surface area contributed by atoms with Crippen LogP contribution >= 0.6 is 0 Å². The van der Waals surface area contributed by atoms with Crippen molar-refractivity contribution in [3.63, 3.8) is 0 Å². The predicted molar refractivity (Wildman–Crippen MR) is 165 cm³/mol. The lowest BCUT2D eigenvalue weighted by molar-refractivity contribution is -0.144. The number of hydrogen-bond acceptors (Lipinski definition) is 6.